The highest BCUT2D eigenvalue weighted by molar-refractivity contribution is 7.15. The molecule has 1 saturated heterocycles. The Hall–Kier alpha value is -0.930. The van der Waals surface area contributed by atoms with Gasteiger partial charge < -0.3 is 10.6 Å². The lowest BCUT2D eigenvalue weighted by Gasteiger charge is -2.33. The van der Waals surface area contributed by atoms with Crippen LogP contribution in [-0.2, 0) is 6.18 Å². The Morgan fingerprint density at radius 3 is 2.33 bits per heavy atom. The Kier molecular flexibility index (Phi) is 4.03. The Morgan fingerprint density at radius 1 is 1.17 bits per heavy atom. The van der Waals surface area contributed by atoms with Gasteiger partial charge in [0.15, 0.2) is 0 Å². The second kappa shape index (κ2) is 5.37. The maximum atomic E-state index is 12.4. The van der Waals surface area contributed by atoms with Crippen LogP contribution in [0.2, 0.25) is 0 Å². The predicted octanol–water partition coefficient (Wildman–Crippen LogP) is 0.638. The summed E-state index contributed by atoms with van der Waals surface area (Å²) in [5.74, 6) is 0. The van der Waals surface area contributed by atoms with Crippen molar-refractivity contribution in [1.82, 2.24) is 15.1 Å². The van der Waals surface area contributed by atoms with E-state index in [1.807, 2.05) is 4.90 Å². The third-order valence-corrected chi connectivity index (χ3v) is 3.77. The van der Waals surface area contributed by atoms with Crippen LogP contribution in [0.15, 0.2) is 0 Å². The average molecular weight is 281 g/mol. The summed E-state index contributed by atoms with van der Waals surface area (Å²) in [5.41, 5.74) is 5.46. The van der Waals surface area contributed by atoms with E-state index in [9.17, 15) is 13.2 Å². The molecule has 0 spiro atoms. The monoisotopic (exact) mass is 281 g/mol. The molecule has 0 bridgehead atoms. The zero-order chi connectivity index (χ0) is 13.2. The Morgan fingerprint density at radius 2 is 1.83 bits per heavy atom. The van der Waals surface area contributed by atoms with Gasteiger partial charge in [-0.2, -0.15) is 13.2 Å². The summed E-state index contributed by atoms with van der Waals surface area (Å²) >= 11 is 0.596. The Labute approximate surface area is 106 Å². The molecule has 0 aromatic carbocycles. The summed E-state index contributed by atoms with van der Waals surface area (Å²) in [6.45, 7) is 4.31. The summed E-state index contributed by atoms with van der Waals surface area (Å²) in [6.07, 6.45) is -4.41. The molecular formula is C9H14F3N5S. The number of hydrogen-bond donors (Lipinski definition) is 1. The first kappa shape index (κ1) is 13.5. The number of rotatable bonds is 3. The van der Waals surface area contributed by atoms with E-state index in [0.29, 0.717) is 36.1 Å². The van der Waals surface area contributed by atoms with Gasteiger partial charge in [-0.3, -0.25) is 4.90 Å². The topological polar surface area (TPSA) is 58.3 Å². The van der Waals surface area contributed by atoms with Crippen molar-refractivity contribution in [2.45, 2.75) is 6.18 Å². The SMILES string of the molecule is NCCN1CCN(c2nnc(C(F)(F)F)s2)CC1. The van der Waals surface area contributed by atoms with E-state index >= 15 is 0 Å². The lowest BCUT2D eigenvalue weighted by Crippen LogP contribution is -2.47. The molecule has 5 nitrogen and oxygen atoms in total. The lowest BCUT2D eigenvalue weighted by molar-refractivity contribution is -0.138. The van der Waals surface area contributed by atoms with Crippen LogP contribution in [0.3, 0.4) is 0 Å². The van der Waals surface area contributed by atoms with E-state index < -0.39 is 11.2 Å². The van der Waals surface area contributed by atoms with Crippen LogP contribution in [0, 0.1) is 0 Å². The van der Waals surface area contributed by atoms with Gasteiger partial charge in [0.05, 0.1) is 0 Å². The van der Waals surface area contributed by atoms with Crippen molar-refractivity contribution in [3.8, 4) is 0 Å². The van der Waals surface area contributed by atoms with Crippen LogP contribution in [0.5, 0.6) is 0 Å². The molecule has 1 aromatic heterocycles. The van der Waals surface area contributed by atoms with Gasteiger partial charge in [-0.15, -0.1) is 10.2 Å². The largest absolute Gasteiger partial charge is 0.445 e. The fourth-order valence-electron chi connectivity index (χ4n) is 1.80. The van der Waals surface area contributed by atoms with Gasteiger partial charge in [0.1, 0.15) is 0 Å². The van der Waals surface area contributed by atoms with Crippen LogP contribution in [0.1, 0.15) is 5.01 Å². The van der Waals surface area contributed by atoms with Crippen LogP contribution < -0.4 is 10.6 Å². The third-order valence-electron chi connectivity index (χ3n) is 2.74. The van der Waals surface area contributed by atoms with E-state index in [1.54, 1.807) is 0 Å². The highest BCUT2D eigenvalue weighted by atomic mass is 32.1. The fraction of sp³-hybridized carbons (Fsp3) is 0.778. The molecule has 1 aromatic rings. The van der Waals surface area contributed by atoms with Gasteiger partial charge in [-0.25, -0.2) is 0 Å². The fourth-order valence-corrected chi connectivity index (χ4v) is 2.57. The molecule has 1 aliphatic heterocycles. The molecule has 0 aliphatic carbocycles. The molecule has 0 radical (unpaired) electrons. The molecule has 0 atom stereocenters. The van der Waals surface area contributed by atoms with E-state index in [2.05, 4.69) is 15.1 Å². The minimum absolute atomic E-state index is 0.342. The van der Waals surface area contributed by atoms with Crippen molar-refractivity contribution in [3.05, 3.63) is 5.01 Å². The van der Waals surface area contributed by atoms with E-state index in [0.717, 1.165) is 19.6 Å². The number of hydrogen-bond acceptors (Lipinski definition) is 6. The van der Waals surface area contributed by atoms with Crippen molar-refractivity contribution < 1.29 is 13.2 Å². The van der Waals surface area contributed by atoms with Crippen molar-refractivity contribution in [2.24, 2.45) is 5.73 Å². The molecule has 0 saturated carbocycles. The van der Waals surface area contributed by atoms with Gasteiger partial charge in [-0.05, 0) is 0 Å². The zero-order valence-corrected chi connectivity index (χ0v) is 10.5. The summed E-state index contributed by atoms with van der Waals surface area (Å²) in [5, 5.41) is 6.25. The summed E-state index contributed by atoms with van der Waals surface area (Å²) in [4.78, 5) is 4.02. The summed E-state index contributed by atoms with van der Waals surface area (Å²) in [7, 11) is 0. The highest BCUT2D eigenvalue weighted by Gasteiger charge is 2.36. The molecule has 2 heterocycles. The standard InChI is InChI=1S/C9H14F3N5S/c10-9(11,12)7-14-15-8(18-7)17-5-3-16(2-1-13)4-6-17/h1-6,13H2. The quantitative estimate of drug-likeness (QED) is 0.881. The van der Waals surface area contributed by atoms with Crippen LogP contribution in [0.4, 0.5) is 18.3 Å². The van der Waals surface area contributed by atoms with Gasteiger partial charge in [0.25, 0.3) is 0 Å². The molecule has 2 rings (SSSR count). The highest BCUT2D eigenvalue weighted by Crippen LogP contribution is 2.34. The van der Waals surface area contributed by atoms with E-state index in [4.69, 9.17) is 5.73 Å². The molecule has 2 N–H and O–H groups in total. The lowest BCUT2D eigenvalue weighted by atomic mass is 10.3. The predicted molar refractivity (Wildman–Crippen MR) is 62.6 cm³/mol. The first-order valence-electron chi connectivity index (χ1n) is 5.59. The number of anilines is 1. The number of alkyl halides is 3. The minimum atomic E-state index is -4.41. The minimum Gasteiger partial charge on any atom is -0.344 e. The molecular weight excluding hydrogens is 267 g/mol. The smallest absolute Gasteiger partial charge is 0.344 e. The first-order valence-corrected chi connectivity index (χ1v) is 6.40. The zero-order valence-electron chi connectivity index (χ0n) is 9.65. The Bertz CT molecular complexity index is 386. The molecule has 0 unspecified atom stereocenters. The Balaban J connectivity index is 1.95. The molecule has 18 heavy (non-hydrogen) atoms. The van der Waals surface area contributed by atoms with Gasteiger partial charge in [0.2, 0.25) is 10.1 Å². The number of halogens is 3. The number of nitrogens with two attached hydrogens (primary N) is 1. The molecule has 0 amide bonds. The van der Waals surface area contributed by atoms with Crippen LogP contribution in [-0.4, -0.2) is 54.4 Å². The molecule has 1 aliphatic rings. The van der Waals surface area contributed by atoms with Crippen molar-refractivity contribution in [2.75, 3.05) is 44.2 Å². The molecule has 102 valence electrons. The summed E-state index contributed by atoms with van der Waals surface area (Å²) in [6, 6.07) is 0. The second-order valence-corrected chi connectivity index (χ2v) is 4.96. The normalized spacial score (nSPS) is 18.3. The van der Waals surface area contributed by atoms with Crippen LogP contribution >= 0.6 is 11.3 Å². The average Bonchev–Trinajstić information content (AvgIpc) is 2.79. The summed E-state index contributed by atoms with van der Waals surface area (Å²) < 4.78 is 37.2. The van der Waals surface area contributed by atoms with Gasteiger partial charge in [-0.1, -0.05) is 11.3 Å². The maximum absolute atomic E-state index is 12.4. The second-order valence-electron chi connectivity index (χ2n) is 4.00. The number of piperazine rings is 1. The van der Waals surface area contributed by atoms with E-state index in [1.165, 1.54) is 0 Å². The van der Waals surface area contributed by atoms with E-state index in [-0.39, 0.29) is 0 Å². The van der Waals surface area contributed by atoms with Crippen molar-refractivity contribution >= 4 is 16.5 Å². The molecule has 9 heteroatoms. The third kappa shape index (κ3) is 3.09. The number of nitrogens with zero attached hydrogens (tertiary/aromatic N) is 4. The van der Waals surface area contributed by atoms with Crippen LogP contribution in [0.25, 0.3) is 0 Å². The van der Waals surface area contributed by atoms with Crippen molar-refractivity contribution in [3.63, 3.8) is 0 Å². The van der Waals surface area contributed by atoms with Gasteiger partial charge in [0, 0.05) is 39.3 Å². The molecule has 1 fully saturated rings. The first-order chi connectivity index (χ1) is 8.50. The maximum Gasteiger partial charge on any atom is 0.445 e. The van der Waals surface area contributed by atoms with Crippen molar-refractivity contribution in [1.29, 1.82) is 0 Å². The van der Waals surface area contributed by atoms with Gasteiger partial charge >= 0.3 is 6.18 Å². The number of aromatic nitrogens is 2.